The Hall–Kier alpha value is -0.830. The molecule has 1 heterocycles. The zero-order valence-corrected chi connectivity index (χ0v) is 14.1. The highest BCUT2D eigenvalue weighted by atomic mass is 15.3. The molecule has 0 aliphatic rings. The van der Waals surface area contributed by atoms with Crippen LogP contribution in [0.5, 0.6) is 0 Å². The third-order valence-electron chi connectivity index (χ3n) is 3.80. The smallest absolute Gasteiger partial charge is 0.0669 e. The standard InChI is InChI=1S/C17H33N3/c1-6-11-18-13-15-16(7-2)19-20(17(15)8-3)12-9-10-14(4)5/h14,18H,6-13H2,1-5H3. The minimum Gasteiger partial charge on any atom is -0.313 e. The van der Waals surface area contributed by atoms with Crippen LogP contribution >= 0.6 is 0 Å². The number of aromatic nitrogens is 2. The summed E-state index contributed by atoms with van der Waals surface area (Å²) in [6.45, 7) is 14.4. The Balaban J connectivity index is 2.78. The number of hydrogen-bond donors (Lipinski definition) is 1. The molecule has 0 spiro atoms. The molecule has 1 aromatic rings. The maximum absolute atomic E-state index is 4.85. The zero-order valence-electron chi connectivity index (χ0n) is 14.1. The van der Waals surface area contributed by atoms with E-state index < -0.39 is 0 Å². The van der Waals surface area contributed by atoms with E-state index in [-0.39, 0.29) is 0 Å². The Morgan fingerprint density at radius 1 is 1.15 bits per heavy atom. The van der Waals surface area contributed by atoms with Crippen LogP contribution in [0.25, 0.3) is 0 Å². The van der Waals surface area contributed by atoms with Crippen LogP contribution < -0.4 is 5.32 Å². The van der Waals surface area contributed by atoms with Gasteiger partial charge in [-0.3, -0.25) is 4.68 Å². The third-order valence-corrected chi connectivity index (χ3v) is 3.80. The Morgan fingerprint density at radius 3 is 2.45 bits per heavy atom. The average Bonchev–Trinajstić information content (AvgIpc) is 2.76. The van der Waals surface area contributed by atoms with Gasteiger partial charge in [-0.2, -0.15) is 5.10 Å². The van der Waals surface area contributed by atoms with Crippen molar-refractivity contribution in [3.8, 4) is 0 Å². The molecule has 0 amide bonds. The fraction of sp³-hybridized carbons (Fsp3) is 0.824. The highest BCUT2D eigenvalue weighted by Gasteiger charge is 2.14. The van der Waals surface area contributed by atoms with Crippen molar-refractivity contribution in [2.45, 2.75) is 79.8 Å². The highest BCUT2D eigenvalue weighted by Crippen LogP contribution is 2.17. The van der Waals surface area contributed by atoms with Gasteiger partial charge in [-0.25, -0.2) is 0 Å². The van der Waals surface area contributed by atoms with Crippen molar-refractivity contribution in [1.29, 1.82) is 0 Å². The van der Waals surface area contributed by atoms with E-state index in [1.807, 2.05) is 0 Å². The third kappa shape index (κ3) is 4.93. The highest BCUT2D eigenvalue weighted by molar-refractivity contribution is 5.26. The normalized spacial score (nSPS) is 11.5. The fourth-order valence-electron chi connectivity index (χ4n) is 2.70. The molecule has 3 nitrogen and oxygen atoms in total. The van der Waals surface area contributed by atoms with Crippen LogP contribution in [0.4, 0.5) is 0 Å². The van der Waals surface area contributed by atoms with Gasteiger partial charge in [-0.1, -0.05) is 34.6 Å². The molecule has 1 aromatic heterocycles. The molecule has 0 fully saturated rings. The van der Waals surface area contributed by atoms with E-state index in [2.05, 4.69) is 44.6 Å². The van der Waals surface area contributed by atoms with Crippen LogP contribution in [0.2, 0.25) is 0 Å². The lowest BCUT2D eigenvalue weighted by Gasteiger charge is -2.09. The Morgan fingerprint density at radius 2 is 1.90 bits per heavy atom. The quantitative estimate of drug-likeness (QED) is 0.657. The van der Waals surface area contributed by atoms with Crippen LogP contribution in [-0.2, 0) is 25.9 Å². The molecule has 0 unspecified atom stereocenters. The number of rotatable bonds is 10. The second-order valence-electron chi connectivity index (χ2n) is 6.02. The molecule has 0 bridgehead atoms. The second-order valence-corrected chi connectivity index (χ2v) is 6.02. The largest absolute Gasteiger partial charge is 0.313 e. The van der Waals surface area contributed by atoms with E-state index in [4.69, 9.17) is 5.10 Å². The van der Waals surface area contributed by atoms with E-state index >= 15 is 0 Å². The molecule has 0 radical (unpaired) electrons. The van der Waals surface area contributed by atoms with Gasteiger partial charge in [0.1, 0.15) is 0 Å². The minimum atomic E-state index is 0.784. The molecule has 0 aliphatic carbocycles. The van der Waals surface area contributed by atoms with Crippen molar-refractivity contribution in [1.82, 2.24) is 15.1 Å². The Bertz CT molecular complexity index is 380. The predicted octanol–water partition coefficient (Wildman–Crippen LogP) is 3.94. The lowest BCUT2D eigenvalue weighted by Crippen LogP contribution is -2.16. The SMILES string of the molecule is CCCNCc1c(CC)nn(CCCC(C)C)c1CC. The summed E-state index contributed by atoms with van der Waals surface area (Å²) < 4.78 is 2.27. The van der Waals surface area contributed by atoms with Gasteiger partial charge in [0.25, 0.3) is 0 Å². The molecule has 0 aromatic carbocycles. The monoisotopic (exact) mass is 279 g/mol. The van der Waals surface area contributed by atoms with Crippen LogP contribution in [-0.4, -0.2) is 16.3 Å². The van der Waals surface area contributed by atoms with Gasteiger partial charge >= 0.3 is 0 Å². The van der Waals surface area contributed by atoms with Gasteiger partial charge in [0.2, 0.25) is 0 Å². The van der Waals surface area contributed by atoms with Crippen molar-refractivity contribution >= 4 is 0 Å². The molecule has 0 aliphatic heterocycles. The van der Waals surface area contributed by atoms with Crippen molar-refractivity contribution in [3.63, 3.8) is 0 Å². The second kappa shape index (κ2) is 9.17. The molecule has 1 rings (SSSR count). The van der Waals surface area contributed by atoms with E-state index in [1.54, 1.807) is 0 Å². The van der Waals surface area contributed by atoms with Crippen LogP contribution in [0.3, 0.4) is 0 Å². The summed E-state index contributed by atoms with van der Waals surface area (Å²) in [4.78, 5) is 0. The van der Waals surface area contributed by atoms with Gasteiger partial charge < -0.3 is 5.32 Å². The Labute approximate surface area is 125 Å². The number of nitrogens with zero attached hydrogens (tertiary/aromatic N) is 2. The van der Waals surface area contributed by atoms with Crippen molar-refractivity contribution < 1.29 is 0 Å². The first-order valence-electron chi connectivity index (χ1n) is 8.42. The van der Waals surface area contributed by atoms with Crippen molar-refractivity contribution in [2.75, 3.05) is 6.54 Å². The molecule has 0 atom stereocenters. The summed E-state index contributed by atoms with van der Waals surface area (Å²) in [5.74, 6) is 0.784. The maximum atomic E-state index is 4.85. The van der Waals surface area contributed by atoms with E-state index in [0.717, 1.165) is 38.4 Å². The predicted molar refractivity (Wildman–Crippen MR) is 87.1 cm³/mol. The van der Waals surface area contributed by atoms with Crippen LogP contribution in [0, 0.1) is 5.92 Å². The molecule has 0 saturated heterocycles. The van der Waals surface area contributed by atoms with Crippen LogP contribution in [0.15, 0.2) is 0 Å². The van der Waals surface area contributed by atoms with Crippen molar-refractivity contribution in [3.05, 3.63) is 17.0 Å². The zero-order chi connectivity index (χ0) is 15.0. The van der Waals surface area contributed by atoms with Crippen LogP contribution in [0.1, 0.15) is 70.8 Å². The number of aryl methyl sites for hydroxylation is 2. The summed E-state index contributed by atoms with van der Waals surface area (Å²) >= 11 is 0. The van der Waals surface area contributed by atoms with Gasteiger partial charge in [0, 0.05) is 24.3 Å². The molecule has 20 heavy (non-hydrogen) atoms. The van der Waals surface area contributed by atoms with Gasteiger partial charge in [0.05, 0.1) is 5.69 Å². The molecular weight excluding hydrogens is 246 g/mol. The summed E-state index contributed by atoms with van der Waals surface area (Å²) in [5.41, 5.74) is 4.18. The van der Waals surface area contributed by atoms with Gasteiger partial charge in [0.15, 0.2) is 0 Å². The Kier molecular flexibility index (Phi) is 7.90. The average molecular weight is 279 g/mol. The molecule has 0 saturated carbocycles. The minimum absolute atomic E-state index is 0.784. The van der Waals surface area contributed by atoms with Crippen molar-refractivity contribution in [2.24, 2.45) is 5.92 Å². The lowest BCUT2D eigenvalue weighted by molar-refractivity contribution is 0.478. The fourth-order valence-corrected chi connectivity index (χ4v) is 2.70. The number of hydrogen-bond acceptors (Lipinski definition) is 2. The lowest BCUT2D eigenvalue weighted by atomic mass is 10.1. The molecule has 3 heteroatoms. The molecular formula is C17H33N3. The topological polar surface area (TPSA) is 29.9 Å². The summed E-state index contributed by atoms with van der Waals surface area (Å²) in [6, 6.07) is 0. The van der Waals surface area contributed by atoms with E-state index in [0.29, 0.717) is 0 Å². The first-order valence-corrected chi connectivity index (χ1v) is 8.42. The summed E-state index contributed by atoms with van der Waals surface area (Å²) in [5, 5.41) is 8.39. The van der Waals surface area contributed by atoms with Gasteiger partial charge in [-0.15, -0.1) is 0 Å². The number of nitrogens with one attached hydrogen (secondary N) is 1. The summed E-state index contributed by atoms with van der Waals surface area (Å²) in [6.07, 6.45) is 5.82. The van der Waals surface area contributed by atoms with E-state index in [9.17, 15) is 0 Å². The van der Waals surface area contributed by atoms with Gasteiger partial charge in [-0.05, 0) is 44.6 Å². The van der Waals surface area contributed by atoms with E-state index in [1.165, 1.54) is 36.2 Å². The first kappa shape index (κ1) is 17.2. The molecule has 116 valence electrons. The molecule has 1 N–H and O–H groups in total. The first-order chi connectivity index (χ1) is 9.63. The summed E-state index contributed by atoms with van der Waals surface area (Å²) in [7, 11) is 0. The maximum Gasteiger partial charge on any atom is 0.0669 e.